The molecule has 1 aromatic carbocycles. The molecule has 1 atom stereocenters. The van der Waals surface area contributed by atoms with E-state index in [9.17, 15) is 0 Å². The maximum absolute atomic E-state index is 5.95. The van der Waals surface area contributed by atoms with Crippen molar-refractivity contribution >= 4 is 21.6 Å². The van der Waals surface area contributed by atoms with Crippen molar-refractivity contribution in [1.82, 2.24) is 0 Å². The predicted octanol–water partition coefficient (Wildman–Crippen LogP) is 3.10. The molecule has 0 amide bonds. The van der Waals surface area contributed by atoms with E-state index in [0.29, 0.717) is 6.54 Å². The molecule has 2 aromatic rings. The lowest BCUT2D eigenvalue weighted by Gasteiger charge is -2.28. The number of benzene rings is 1. The fraction of sp³-hybridized carbons (Fsp3) is 0.286. The van der Waals surface area contributed by atoms with Crippen LogP contribution < -0.4 is 10.6 Å². The molecule has 1 aromatic heterocycles. The van der Waals surface area contributed by atoms with Gasteiger partial charge in [-0.05, 0) is 40.0 Å². The highest BCUT2D eigenvalue weighted by atomic mass is 79.9. The molecule has 18 heavy (non-hydrogen) atoms. The van der Waals surface area contributed by atoms with Gasteiger partial charge in [-0.1, -0.05) is 18.2 Å². The molecular formula is C14H15BrN2O. The van der Waals surface area contributed by atoms with Gasteiger partial charge in [0.15, 0.2) is 0 Å². The van der Waals surface area contributed by atoms with Crippen molar-refractivity contribution in [2.45, 2.75) is 12.5 Å². The number of halogens is 1. The van der Waals surface area contributed by atoms with Crippen LogP contribution in [0.5, 0.6) is 0 Å². The highest BCUT2D eigenvalue weighted by Crippen LogP contribution is 2.37. The third-order valence-electron chi connectivity index (χ3n) is 3.47. The number of anilines is 1. The van der Waals surface area contributed by atoms with Gasteiger partial charge in [-0.3, -0.25) is 0 Å². The second-order valence-electron chi connectivity index (χ2n) is 4.46. The molecule has 3 rings (SSSR count). The standard InChI is InChI=1S/C14H15BrN2O/c15-11-6-8-18-14(11)13(9-16)17-7-5-10-3-1-2-4-12(10)17/h1-4,6,8,13H,5,7,9,16H2. The zero-order valence-electron chi connectivity index (χ0n) is 9.97. The van der Waals surface area contributed by atoms with E-state index in [1.165, 1.54) is 11.3 Å². The Kier molecular flexibility index (Phi) is 3.14. The van der Waals surface area contributed by atoms with E-state index in [0.717, 1.165) is 23.2 Å². The Morgan fingerprint density at radius 1 is 1.33 bits per heavy atom. The summed E-state index contributed by atoms with van der Waals surface area (Å²) >= 11 is 3.52. The Hall–Kier alpha value is -1.26. The lowest BCUT2D eigenvalue weighted by Crippen LogP contribution is -2.32. The maximum Gasteiger partial charge on any atom is 0.141 e. The predicted molar refractivity (Wildman–Crippen MR) is 75.7 cm³/mol. The summed E-state index contributed by atoms with van der Waals surface area (Å²) in [5.41, 5.74) is 8.61. The second kappa shape index (κ2) is 4.78. The van der Waals surface area contributed by atoms with Crippen LogP contribution in [-0.2, 0) is 6.42 Å². The molecule has 0 radical (unpaired) electrons. The summed E-state index contributed by atoms with van der Waals surface area (Å²) in [6.07, 6.45) is 2.77. The molecule has 0 aliphatic carbocycles. The van der Waals surface area contributed by atoms with Crippen molar-refractivity contribution in [1.29, 1.82) is 0 Å². The molecule has 0 spiro atoms. The molecule has 3 nitrogen and oxygen atoms in total. The second-order valence-corrected chi connectivity index (χ2v) is 5.31. The minimum atomic E-state index is 0.0954. The van der Waals surface area contributed by atoms with E-state index >= 15 is 0 Å². The van der Waals surface area contributed by atoms with Gasteiger partial charge < -0.3 is 15.1 Å². The Labute approximate surface area is 115 Å². The molecular weight excluding hydrogens is 292 g/mol. The molecule has 94 valence electrons. The average Bonchev–Trinajstić information content (AvgIpc) is 2.99. The van der Waals surface area contributed by atoms with Crippen LogP contribution in [-0.4, -0.2) is 13.1 Å². The monoisotopic (exact) mass is 306 g/mol. The van der Waals surface area contributed by atoms with E-state index in [2.05, 4.69) is 45.1 Å². The first-order chi connectivity index (χ1) is 8.81. The van der Waals surface area contributed by atoms with Crippen LogP contribution in [0.2, 0.25) is 0 Å². The molecule has 0 saturated heterocycles. The smallest absolute Gasteiger partial charge is 0.141 e. The van der Waals surface area contributed by atoms with Gasteiger partial charge in [-0.25, -0.2) is 0 Å². The van der Waals surface area contributed by atoms with E-state index in [4.69, 9.17) is 10.2 Å². The summed E-state index contributed by atoms with van der Waals surface area (Å²) in [5.74, 6) is 0.911. The lowest BCUT2D eigenvalue weighted by molar-refractivity contribution is 0.452. The zero-order chi connectivity index (χ0) is 12.5. The molecule has 0 bridgehead atoms. The van der Waals surface area contributed by atoms with Crippen LogP contribution in [0.3, 0.4) is 0 Å². The minimum Gasteiger partial charge on any atom is -0.466 e. The Balaban J connectivity index is 1.98. The van der Waals surface area contributed by atoms with Crippen molar-refractivity contribution in [2.75, 3.05) is 18.0 Å². The number of rotatable bonds is 3. The number of para-hydroxylation sites is 1. The van der Waals surface area contributed by atoms with Crippen LogP contribution in [0.25, 0.3) is 0 Å². The molecule has 0 fully saturated rings. The van der Waals surface area contributed by atoms with Crippen molar-refractivity contribution in [3.8, 4) is 0 Å². The first kappa shape index (κ1) is 11.8. The highest BCUT2D eigenvalue weighted by molar-refractivity contribution is 9.10. The number of hydrogen-bond acceptors (Lipinski definition) is 3. The third-order valence-corrected chi connectivity index (χ3v) is 4.13. The minimum absolute atomic E-state index is 0.0954. The summed E-state index contributed by atoms with van der Waals surface area (Å²) < 4.78 is 6.56. The lowest BCUT2D eigenvalue weighted by atomic mass is 10.1. The van der Waals surface area contributed by atoms with Crippen LogP contribution in [0.15, 0.2) is 45.5 Å². The third kappa shape index (κ3) is 1.85. The molecule has 2 N–H and O–H groups in total. The van der Waals surface area contributed by atoms with Crippen LogP contribution in [0, 0.1) is 0 Å². The molecule has 0 saturated carbocycles. The Morgan fingerprint density at radius 2 is 2.17 bits per heavy atom. The van der Waals surface area contributed by atoms with Crippen molar-refractivity contribution in [3.05, 3.63) is 52.4 Å². The Bertz CT molecular complexity index is 552. The normalized spacial score (nSPS) is 15.8. The summed E-state index contributed by atoms with van der Waals surface area (Å²) in [4.78, 5) is 2.33. The maximum atomic E-state index is 5.95. The Morgan fingerprint density at radius 3 is 2.89 bits per heavy atom. The average molecular weight is 307 g/mol. The fourth-order valence-corrected chi connectivity index (χ4v) is 3.07. The molecule has 1 unspecified atom stereocenters. The number of nitrogens with zero attached hydrogens (tertiary/aromatic N) is 1. The largest absolute Gasteiger partial charge is 0.466 e. The van der Waals surface area contributed by atoms with E-state index in [-0.39, 0.29) is 6.04 Å². The summed E-state index contributed by atoms with van der Waals surface area (Å²) in [6, 6.07) is 10.5. The van der Waals surface area contributed by atoms with Crippen LogP contribution in [0.1, 0.15) is 17.4 Å². The van der Waals surface area contributed by atoms with Gasteiger partial charge >= 0.3 is 0 Å². The van der Waals surface area contributed by atoms with Crippen LogP contribution >= 0.6 is 15.9 Å². The molecule has 4 heteroatoms. The van der Waals surface area contributed by atoms with Crippen molar-refractivity contribution in [2.24, 2.45) is 5.73 Å². The van der Waals surface area contributed by atoms with Gasteiger partial charge in [0.25, 0.3) is 0 Å². The number of furan rings is 1. The molecule has 1 aliphatic rings. The van der Waals surface area contributed by atoms with Gasteiger partial charge in [-0.2, -0.15) is 0 Å². The fourth-order valence-electron chi connectivity index (χ4n) is 2.61. The summed E-state index contributed by atoms with van der Waals surface area (Å²) in [6.45, 7) is 1.54. The van der Waals surface area contributed by atoms with E-state index < -0.39 is 0 Å². The first-order valence-corrected chi connectivity index (χ1v) is 6.88. The van der Waals surface area contributed by atoms with Crippen molar-refractivity contribution < 1.29 is 4.42 Å². The SMILES string of the molecule is NCC(c1occc1Br)N1CCc2ccccc21. The van der Waals surface area contributed by atoms with E-state index in [1.54, 1.807) is 6.26 Å². The highest BCUT2D eigenvalue weighted by Gasteiger charge is 2.29. The number of hydrogen-bond donors (Lipinski definition) is 1. The van der Waals surface area contributed by atoms with Crippen molar-refractivity contribution in [3.63, 3.8) is 0 Å². The number of fused-ring (bicyclic) bond motifs is 1. The summed E-state index contributed by atoms with van der Waals surface area (Å²) in [7, 11) is 0. The molecule has 2 heterocycles. The van der Waals surface area contributed by atoms with Gasteiger partial charge in [-0.15, -0.1) is 0 Å². The quantitative estimate of drug-likeness (QED) is 0.947. The van der Waals surface area contributed by atoms with Gasteiger partial charge in [0.2, 0.25) is 0 Å². The van der Waals surface area contributed by atoms with E-state index in [1.807, 2.05) is 6.07 Å². The van der Waals surface area contributed by atoms with Gasteiger partial charge in [0, 0.05) is 18.8 Å². The topological polar surface area (TPSA) is 42.4 Å². The van der Waals surface area contributed by atoms with Gasteiger partial charge in [0.05, 0.1) is 10.7 Å². The number of nitrogens with two attached hydrogens (primary N) is 1. The summed E-state index contributed by atoms with van der Waals surface area (Å²) in [5, 5.41) is 0. The zero-order valence-corrected chi connectivity index (χ0v) is 11.6. The first-order valence-electron chi connectivity index (χ1n) is 6.08. The van der Waals surface area contributed by atoms with Crippen LogP contribution in [0.4, 0.5) is 5.69 Å². The molecule has 1 aliphatic heterocycles. The van der Waals surface area contributed by atoms with Gasteiger partial charge in [0.1, 0.15) is 11.8 Å².